The molecule has 0 saturated heterocycles. The monoisotopic (exact) mass is 239 g/mol. The van der Waals surface area contributed by atoms with Gasteiger partial charge in [0, 0.05) is 24.5 Å². The van der Waals surface area contributed by atoms with E-state index in [1.165, 1.54) is 0 Å². The molecule has 0 fully saturated rings. The van der Waals surface area contributed by atoms with Crippen LogP contribution < -0.4 is 10.6 Å². The van der Waals surface area contributed by atoms with Gasteiger partial charge in [0.15, 0.2) is 0 Å². The Morgan fingerprint density at radius 2 is 2.17 bits per heavy atom. The molecule has 90 valence electrons. The predicted molar refractivity (Wildman–Crippen MR) is 70.8 cm³/mol. The van der Waals surface area contributed by atoms with Crippen molar-refractivity contribution in [3.05, 3.63) is 41.6 Å². The molecule has 1 heterocycles. The molecule has 2 N–H and O–H groups in total. The van der Waals surface area contributed by atoms with Gasteiger partial charge in [-0.3, -0.25) is 0 Å². The van der Waals surface area contributed by atoms with E-state index in [1.807, 2.05) is 26.1 Å². The van der Waals surface area contributed by atoms with Crippen molar-refractivity contribution in [3.8, 4) is 6.07 Å². The normalized spacial score (nSPS) is 9.61. The van der Waals surface area contributed by atoms with Gasteiger partial charge in [-0.1, -0.05) is 6.07 Å². The molecule has 5 heteroatoms. The Hall–Kier alpha value is -2.61. The number of hydrogen-bond donors (Lipinski definition) is 2. The van der Waals surface area contributed by atoms with Gasteiger partial charge in [0.1, 0.15) is 5.82 Å². The smallest absolute Gasteiger partial charge is 0.229 e. The van der Waals surface area contributed by atoms with Gasteiger partial charge in [-0.25, -0.2) is 4.98 Å². The molecule has 0 spiro atoms. The average Bonchev–Trinajstić information content (AvgIpc) is 2.41. The van der Waals surface area contributed by atoms with Gasteiger partial charge in [-0.05, 0) is 25.1 Å². The fourth-order valence-corrected chi connectivity index (χ4v) is 1.55. The quantitative estimate of drug-likeness (QED) is 0.860. The summed E-state index contributed by atoms with van der Waals surface area (Å²) in [5.41, 5.74) is 2.37. The van der Waals surface area contributed by atoms with Crippen molar-refractivity contribution in [1.82, 2.24) is 9.97 Å². The Balaban J connectivity index is 2.26. The summed E-state index contributed by atoms with van der Waals surface area (Å²) in [6.07, 6.45) is 1.75. The second kappa shape index (κ2) is 5.15. The highest BCUT2D eigenvalue weighted by Crippen LogP contribution is 2.17. The van der Waals surface area contributed by atoms with Gasteiger partial charge in [-0.2, -0.15) is 10.2 Å². The van der Waals surface area contributed by atoms with Crippen molar-refractivity contribution in [3.63, 3.8) is 0 Å². The van der Waals surface area contributed by atoms with E-state index in [1.54, 1.807) is 18.3 Å². The molecule has 1 aromatic carbocycles. The molecule has 5 nitrogen and oxygen atoms in total. The number of rotatable bonds is 3. The van der Waals surface area contributed by atoms with Crippen LogP contribution in [0.3, 0.4) is 0 Å². The summed E-state index contributed by atoms with van der Waals surface area (Å²) in [4.78, 5) is 8.52. The molecule has 2 aromatic rings. The molecule has 0 amide bonds. The predicted octanol–water partition coefficient (Wildman–Crippen LogP) is 2.44. The van der Waals surface area contributed by atoms with Crippen molar-refractivity contribution >= 4 is 17.5 Å². The topological polar surface area (TPSA) is 73.6 Å². The first-order valence-corrected chi connectivity index (χ1v) is 5.51. The molecule has 0 bridgehead atoms. The molecule has 0 aliphatic heterocycles. The van der Waals surface area contributed by atoms with Gasteiger partial charge in [0.05, 0.1) is 11.6 Å². The lowest BCUT2D eigenvalue weighted by molar-refractivity contribution is 1.12. The number of nitrogens with zero attached hydrogens (tertiary/aromatic N) is 3. The largest absolute Gasteiger partial charge is 0.373 e. The fraction of sp³-hybridized carbons (Fsp3) is 0.154. The SMILES string of the molecule is CNc1nc(Nc2cccc(C#N)c2)ncc1C. The Labute approximate surface area is 106 Å². The van der Waals surface area contributed by atoms with Crippen molar-refractivity contribution in [2.45, 2.75) is 6.92 Å². The molecule has 0 radical (unpaired) electrons. The van der Waals surface area contributed by atoms with Crippen LogP contribution in [-0.2, 0) is 0 Å². The first-order chi connectivity index (χ1) is 8.72. The van der Waals surface area contributed by atoms with Crippen LogP contribution in [0.15, 0.2) is 30.5 Å². The van der Waals surface area contributed by atoms with Crippen LogP contribution in [0.25, 0.3) is 0 Å². The van der Waals surface area contributed by atoms with Crippen LogP contribution in [0.2, 0.25) is 0 Å². The summed E-state index contributed by atoms with van der Waals surface area (Å²) in [6, 6.07) is 9.27. The number of aromatic nitrogens is 2. The van der Waals surface area contributed by atoms with Crippen LogP contribution in [-0.4, -0.2) is 17.0 Å². The second-order valence-corrected chi connectivity index (χ2v) is 3.79. The zero-order valence-corrected chi connectivity index (χ0v) is 10.2. The minimum Gasteiger partial charge on any atom is -0.373 e. The zero-order chi connectivity index (χ0) is 13.0. The summed E-state index contributed by atoms with van der Waals surface area (Å²) in [7, 11) is 1.81. The first kappa shape index (κ1) is 11.9. The summed E-state index contributed by atoms with van der Waals surface area (Å²) >= 11 is 0. The first-order valence-electron chi connectivity index (χ1n) is 5.51. The van der Waals surface area contributed by atoms with E-state index in [0.717, 1.165) is 17.1 Å². The van der Waals surface area contributed by atoms with Crippen LogP contribution in [0, 0.1) is 18.3 Å². The van der Waals surface area contributed by atoms with Crippen molar-refractivity contribution in [1.29, 1.82) is 5.26 Å². The van der Waals surface area contributed by atoms with E-state index < -0.39 is 0 Å². The minimum absolute atomic E-state index is 0.500. The Bertz CT molecular complexity index is 601. The van der Waals surface area contributed by atoms with Crippen LogP contribution in [0.1, 0.15) is 11.1 Å². The van der Waals surface area contributed by atoms with E-state index in [0.29, 0.717) is 11.5 Å². The van der Waals surface area contributed by atoms with E-state index in [9.17, 15) is 0 Å². The van der Waals surface area contributed by atoms with Crippen molar-refractivity contribution < 1.29 is 0 Å². The highest BCUT2D eigenvalue weighted by molar-refractivity contribution is 5.58. The molecule has 1 aromatic heterocycles. The number of hydrogen-bond acceptors (Lipinski definition) is 5. The molecule has 0 aliphatic rings. The van der Waals surface area contributed by atoms with E-state index in [4.69, 9.17) is 5.26 Å². The fourth-order valence-electron chi connectivity index (χ4n) is 1.55. The Morgan fingerprint density at radius 3 is 2.89 bits per heavy atom. The van der Waals surface area contributed by atoms with Crippen LogP contribution in [0.4, 0.5) is 17.5 Å². The van der Waals surface area contributed by atoms with Gasteiger partial charge >= 0.3 is 0 Å². The maximum Gasteiger partial charge on any atom is 0.229 e. The van der Waals surface area contributed by atoms with E-state index in [2.05, 4.69) is 26.7 Å². The highest BCUT2D eigenvalue weighted by atomic mass is 15.1. The summed E-state index contributed by atoms with van der Waals surface area (Å²) < 4.78 is 0. The lowest BCUT2D eigenvalue weighted by atomic mass is 10.2. The number of aryl methyl sites for hydroxylation is 1. The highest BCUT2D eigenvalue weighted by Gasteiger charge is 2.03. The van der Waals surface area contributed by atoms with Gasteiger partial charge in [0.25, 0.3) is 0 Å². The van der Waals surface area contributed by atoms with Gasteiger partial charge < -0.3 is 10.6 Å². The molecule has 0 saturated carbocycles. The third kappa shape index (κ3) is 2.55. The summed E-state index contributed by atoms with van der Waals surface area (Å²) in [6.45, 7) is 1.94. The summed E-state index contributed by atoms with van der Waals surface area (Å²) in [5.74, 6) is 1.28. The maximum absolute atomic E-state index is 8.83. The van der Waals surface area contributed by atoms with E-state index >= 15 is 0 Å². The Morgan fingerprint density at radius 1 is 1.33 bits per heavy atom. The van der Waals surface area contributed by atoms with Crippen molar-refractivity contribution in [2.75, 3.05) is 17.7 Å². The number of benzene rings is 1. The number of nitrogens with one attached hydrogen (secondary N) is 2. The lowest BCUT2D eigenvalue weighted by Crippen LogP contribution is -2.02. The van der Waals surface area contributed by atoms with E-state index in [-0.39, 0.29) is 0 Å². The van der Waals surface area contributed by atoms with Gasteiger partial charge in [-0.15, -0.1) is 0 Å². The maximum atomic E-state index is 8.83. The third-order valence-electron chi connectivity index (χ3n) is 2.46. The van der Waals surface area contributed by atoms with Crippen LogP contribution >= 0.6 is 0 Å². The van der Waals surface area contributed by atoms with Crippen molar-refractivity contribution in [2.24, 2.45) is 0 Å². The Kier molecular flexibility index (Phi) is 3.39. The minimum atomic E-state index is 0.500. The lowest BCUT2D eigenvalue weighted by Gasteiger charge is -2.08. The molecule has 18 heavy (non-hydrogen) atoms. The molecule has 0 aliphatic carbocycles. The number of anilines is 3. The summed E-state index contributed by atoms with van der Waals surface area (Å²) in [5, 5.41) is 14.9. The third-order valence-corrected chi connectivity index (χ3v) is 2.46. The molecule has 0 unspecified atom stereocenters. The molecule has 0 atom stereocenters. The zero-order valence-electron chi connectivity index (χ0n) is 10.2. The van der Waals surface area contributed by atoms with Crippen LogP contribution in [0.5, 0.6) is 0 Å². The standard InChI is InChI=1S/C13H13N5/c1-9-8-16-13(18-12(9)15-2)17-11-5-3-4-10(6-11)7-14/h3-6,8H,1-2H3,(H2,15,16,17,18). The molecular formula is C13H13N5. The molecule has 2 rings (SSSR count). The number of nitriles is 1. The molecular weight excluding hydrogens is 226 g/mol. The van der Waals surface area contributed by atoms with Gasteiger partial charge in [0.2, 0.25) is 5.95 Å². The second-order valence-electron chi connectivity index (χ2n) is 3.79. The average molecular weight is 239 g/mol.